The normalized spacial score (nSPS) is 10.3. The van der Waals surface area contributed by atoms with Gasteiger partial charge in [-0.25, -0.2) is 0 Å². The standard InChI is InChI=1S/C12H14N4O2/c1-14(8-10-7-13-15(2)9-10)12(17)11-3-5-16(18)6-4-11/h3-7,9H,8H2,1-2H3. The summed E-state index contributed by atoms with van der Waals surface area (Å²) in [5.41, 5.74) is 1.46. The van der Waals surface area contributed by atoms with Crippen molar-refractivity contribution in [1.82, 2.24) is 14.7 Å². The van der Waals surface area contributed by atoms with E-state index >= 15 is 0 Å². The summed E-state index contributed by atoms with van der Waals surface area (Å²) in [6.07, 6.45) is 6.21. The number of carbonyl (C=O) groups is 1. The minimum Gasteiger partial charge on any atom is -0.619 e. The molecule has 0 aromatic carbocycles. The van der Waals surface area contributed by atoms with Gasteiger partial charge in [0.25, 0.3) is 5.91 Å². The van der Waals surface area contributed by atoms with Crippen LogP contribution in [0.3, 0.4) is 0 Å². The molecule has 2 heterocycles. The van der Waals surface area contributed by atoms with Crippen LogP contribution in [-0.2, 0) is 13.6 Å². The van der Waals surface area contributed by atoms with Crippen LogP contribution in [0.2, 0.25) is 0 Å². The molecule has 0 aliphatic heterocycles. The van der Waals surface area contributed by atoms with Gasteiger partial charge in [0, 0.05) is 44.5 Å². The highest BCUT2D eigenvalue weighted by molar-refractivity contribution is 5.93. The van der Waals surface area contributed by atoms with Crippen LogP contribution >= 0.6 is 0 Å². The molecule has 2 aromatic rings. The third-order valence-electron chi connectivity index (χ3n) is 2.57. The van der Waals surface area contributed by atoms with Crippen LogP contribution < -0.4 is 4.73 Å². The third kappa shape index (κ3) is 2.65. The summed E-state index contributed by atoms with van der Waals surface area (Å²) in [5.74, 6) is -0.126. The molecule has 6 nitrogen and oxygen atoms in total. The van der Waals surface area contributed by atoms with Gasteiger partial charge in [0.1, 0.15) is 0 Å². The second kappa shape index (κ2) is 4.87. The van der Waals surface area contributed by atoms with Crippen molar-refractivity contribution >= 4 is 5.91 Å². The largest absolute Gasteiger partial charge is 0.619 e. The summed E-state index contributed by atoms with van der Waals surface area (Å²) < 4.78 is 2.34. The van der Waals surface area contributed by atoms with Gasteiger partial charge in [-0.1, -0.05) is 0 Å². The number of hydrogen-bond acceptors (Lipinski definition) is 3. The van der Waals surface area contributed by atoms with E-state index < -0.39 is 0 Å². The fourth-order valence-corrected chi connectivity index (χ4v) is 1.67. The zero-order chi connectivity index (χ0) is 13.1. The van der Waals surface area contributed by atoms with Crippen LogP contribution in [0.1, 0.15) is 15.9 Å². The maximum atomic E-state index is 12.1. The molecule has 0 spiro atoms. The molecule has 0 atom stereocenters. The Morgan fingerprint density at radius 3 is 2.72 bits per heavy atom. The average Bonchev–Trinajstić information content (AvgIpc) is 2.75. The molecule has 0 bridgehead atoms. The van der Waals surface area contributed by atoms with E-state index in [1.54, 1.807) is 22.8 Å². The highest BCUT2D eigenvalue weighted by Crippen LogP contribution is 2.06. The molecule has 1 amide bonds. The molecule has 0 aliphatic rings. The molecule has 0 saturated heterocycles. The van der Waals surface area contributed by atoms with Crippen molar-refractivity contribution in [2.45, 2.75) is 6.54 Å². The van der Waals surface area contributed by atoms with Gasteiger partial charge in [-0.15, -0.1) is 0 Å². The Hall–Kier alpha value is -2.37. The lowest BCUT2D eigenvalue weighted by atomic mass is 10.2. The van der Waals surface area contributed by atoms with E-state index in [1.807, 2.05) is 13.2 Å². The van der Waals surface area contributed by atoms with Crippen LogP contribution in [0.4, 0.5) is 0 Å². The van der Waals surface area contributed by atoms with Gasteiger partial charge in [0.2, 0.25) is 0 Å². The van der Waals surface area contributed by atoms with Gasteiger partial charge >= 0.3 is 0 Å². The highest BCUT2D eigenvalue weighted by atomic mass is 16.5. The third-order valence-corrected chi connectivity index (χ3v) is 2.57. The summed E-state index contributed by atoms with van der Waals surface area (Å²) in [6, 6.07) is 3.02. The van der Waals surface area contributed by atoms with Gasteiger partial charge in [0.05, 0.1) is 11.8 Å². The maximum Gasteiger partial charge on any atom is 0.254 e. The lowest BCUT2D eigenvalue weighted by molar-refractivity contribution is -0.605. The zero-order valence-electron chi connectivity index (χ0n) is 10.3. The quantitative estimate of drug-likeness (QED) is 0.579. The molecule has 94 valence electrons. The fraction of sp³-hybridized carbons (Fsp3) is 0.250. The van der Waals surface area contributed by atoms with E-state index in [2.05, 4.69) is 5.10 Å². The second-order valence-corrected chi connectivity index (χ2v) is 4.13. The Labute approximate surface area is 105 Å². The van der Waals surface area contributed by atoms with E-state index in [0.29, 0.717) is 16.8 Å². The summed E-state index contributed by atoms with van der Waals surface area (Å²) in [7, 11) is 3.54. The molecule has 0 aliphatic carbocycles. The zero-order valence-corrected chi connectivity index (χ0v) is 10.3. The fourth-order valence-electron chi connectivity index (χ4n) is 1.67. The molecule has 0 fully saturated rings. The van der Waals surface area contributed by atoms with E-state index in [0.717, 1.165) is 5.56 Å². The van der Waals surface area contributed by atoms with E-state index in [-0.39, 0.29) is 5.91 Å². The monoisotopic (exact) mass is 246 g/mol. The van der Waals surface area contributed by atoms with Gasteiger partial charge in [-0.2, -0.15) is 9.83 Å². The summed E-state index contributed by atoms with van der Waals surface area (Å²) in [4.78, 5) is 13.6. The molecule has 6 heteroatoms. The Bertz CT molecular complexity index is 547. The number of aryl methyl sites for hydroxylation is 1. The summed E-state index contributed by atoms with van der Waals surface area (Å²) >= 11 is 0. The van der Waals surface area contributed by atoms with Crippen molar-refractivity contribution in [3.8, 4) is 0 Å². The van der Waals surface area contributed by atoms with E-state index in [1.165, 1.54) is 24.5 Å². The maximum absolute atomic E-state index is 12.1. The number of rotatable bonds is 3. The molecule has 0 unspecified atom stereocenters. The predicted molar refractivity (Wildman–Crippen MR) is 64.4 cm³/mol. The second-order valence-electron chi connectivity index (χ2n) is 4.13. The predicted octanol–water partition coefficient (Wildman–Crippen LogP) is 0.326. The molecular formula is C12H14N4O2. The Morgan fingerprint density at radius 1 is 1.50 bits per heavy atom. The first kappa shape index (κ1) is 12.1. The van der Waals surface area contributed by atoms with Crippen molar-refractivity contribution in [3.05, 3.63) is 53.3 Å². The number of amides is 1. The van der Waals surface area contributed by atoms with Crippen LogP contribution in [-0.4, -0.2) is 27.6 Å². The minimum atomic E-state index is -0.126. The topological polar surface area (TPSA) is 65.1 Å². The number of hydrogen-bond donors (Lipinski definition) is 0. The lowest BCUT2D eigenvalue weighted by Gasteiger charge is -2.15. The smallest absolute Gasteiger partial charge is 0.254 e. The van der Waals surface area contributed by atoms with Crippen molar-refractivity contribution in [2.75, 3.05) is 7.05 Å². The first-order valence-corrected chi connectivity index (χ1v) is 5.48. The number of pyridine rings is 1. The van der Waals surface area contributed by atoms with Crippen LogP contribution in [0.5, 0.6) is 0 Å². The molecule has 0 N–H and O–H groups in total. The SMILES string of the molecule is CN(Cc1cnn(C)c1)C(=O)c1cc[n+]([O-])cc1. The van der Waals surface area contributed by atoms with Crippen molar-refractivity contribution in [3.63, 3.8) is 0 Å². The average molecular weight is 246 g/mol. The molecule has 2 aromatic heterocycles. The van der Waals surface area contributed by atoms with Crippen molar-refractivity contribution < 1.29 is 9.52 Å². The molecule has 2 rings (SSSR count). The van der Waals surface area contributed by atoms with Crippen molar-refractivity contribution in [1.29, 1.82) is 0 Å². The Balaban J connectivity index is 2.07. The lowest BCUT2D eigenvalue weighted by Crippen LogP contribution is -2.29. The highest BCUT2D eigenvalue weighted by Gasteiger charge is 2.13. The first-order valence-electron chi connectivity index (χ1n) is 5.48. The summed E-state index contributed by atoms with van der Waals surface area (Å²) in [6.45, 7) is 0.485. The van der Waals surface area contributed by atoms with E-state index in [4.69, 9.17) is 0 Å². The van der Waals surface area contributed by atoms with E-state index in [9.17, 15) is 10.0 Å². The number of nitrogens with zero attached hydrogens (tertiary/aromatic N) is 4. The Morgan fingerprint density at radius 2 is 2.17 bits per heavy atom. The minimum absolute atomic E-state index is 0.126. The summed E-state index contributed by atoms with van der Waals surface area (Å²) in [5, 5.41) is 14.9. The number of aromatic nitrogens is 3. The van der Waals surface area contributed by atoms with Gasteiger partial charge in [-0.3, -0.25) is 9.48 Å². The molecule has 18 heavy (non-hydrogen) atoms. The Kier molecular flexibility index (Phi) is 3.27. The van der Waals surface area contributed by atoms with Crippen LogP contribution in [0, 0.1) is 5.21 Å². The first-order chi connectivity index (χ1) is 8.56. The van der Waals surface area contributed by atoms with Gasteiger partial charge in [-0.05, 0) is 0 Å². The van der Waals surface area contributed by atoms with Crippen LogP contribution in [0.25, 0.3) is 0 Å². The molecule has 0 radical (unpaired) electrons. The van der Waals surface area contributed by atoms with Gasteiger partial charge < -0.3 is 10.1 Å². The van der Waals surface area contributed by atoms with Crippen molar-refractivity contribution in [2.24, 2.45) is 7.05 Å². The number of carbonyl (C=O) groups excluding carboxylic acids is 1. The molecular weight excluding hydrogens is 232 g/mol. The molecule has 0 saturated carbocycles. The van der Waals surface area contributed by atoms with Gasteiger partial charge in [0.15, 0.2) is 12.4 Å². The van der Waals surface area contributed by atoms with Crippen LogP contribution in [0.15, 0.2) is 36.9 Å².